The van der Waals surface area contributed by atoms with Crippen LogP contribution in [0.1, 0.15) is 56.6 Å². The SMILES string of the molecule is CCCCC([C]=O)NC(=O)C(CCCCc1ccccc1)Cc1ccccc1. The first kappa shape index (κ1) is 21.9. The standard InChI is InChI=1S/C25H32NO2/c1-2-3-18-24(20-27)26-25(28)23(19-22-15-8-5-9-16-22)17-11-10-14-21-12-6-4-7-13-21/h4-9,12-13,15-16,23-24H,2-3,10-11,14,17-19H2,1H3,(H,26,28). The zero-order valence-electron chi connectivity index (χ0n) is 16.9. The van der Waals surface area contributed by atoms with Crippen molar-refractivity contribution >= 4 is 12.2 Å². The second kappa shape index (κ2) is 12.9. The Morgan fingerprint density at radius 3 is 2.14 bits per heavy atom. The average Bonchev–Trinajstić information content (AvgIpc) is 2.74. The van der Waals surface area contributed by atoms with Gasteiger partial charge in [0.05, 0.1) is 6.04 Å². The molecule has 2 aromatic rings. The monoisotopic (exact) mass is 378 g/mol. The molecule has 28 heavy (non-hydrogen) atoms. The highest BCUT2D eigenvalue weighted by Gasteiger charge is 2.21. The van der Waals surface area contributed by atoms with E-state index in [4.69, 9.17) is 0 Å². The highest BCUT2D eigenvalue weighted by molar-refractivity contribution is 5.82. The Bertz CT molecular complexity index is 684. The largest absolute Gasteiger partial charge is 0.346 e. The zero-order valence-corrected chi connectivity index (χ0v) is 16.9. The highest BCUT2D eigenvalue weighted by atomic mass is 16.2. The molecule has 0 aromatic heterocycles. The lowest BCUT2D eigenvalue weighted by molar-refractivity contribution is -0.125. The maximum Gasteiger partial charge on any atom is 0.224 e. The van der Waals surface area contributed by atoms with Gasteiger partial charge in [-0.05, 0) is 43.2 Å². The number of carbonyl (C=O) groups is 1. The summed E-state index contributed by atoms with van der Waals surface area (Å²) < 4.78 is 0. The van der Waals surface area contributed by atoms with Gasteiger partial charge in [0, 0.05) is 5.92 Å². The van der Waals surface area contributed by atoms with Crippen molar-refractivity contribution in [1.82, 2.24) is 5.32 Å². The van der Waals surface area contributed by atoms with Crippen LogP contribution in [-0.4, -0.2) is 18.2 Å². The number of carbonyl (C=O) groups excluding carboxylic acids is 2. The second-order valence-corrected chi connectivity index (χ2v) is 7.44. The molecule has 0 spiro atoms. The molecule has 1 N–H and O–H groups in total. The van der Waals surface area contributed by atoms with E-state index in [1.807, 2.05) is 30.6 Å². The maximum atomic E-state index is 12.9. The summed E-state index contributed by atoms with van der Waals surface area (Å²) in [6.07, 6.45) is 9.19. The normalized spacial score (nSPS) is 12.9. The molecule has 0 aliphatic heterocycles. The molecule has 3 nitrogen and oxygen atoms in total. The van der Waals surface area contributed by atoms with Gasteiger partial charge in [-0.3, -0.25) is 9.59 Å². The summed E-state index contributed by atoms with van der Waals surface area (Å²) in [6, 6.07) is 20.1. The smallest absolute Gasteiger partial charge is 0.224 e. The van der Waals surface area contributed by atoms with Crippen molar-refractivity contribution in [3.8, 4) is 0 Å². The van der Waals surface area contributed by atoms with Gasteiger partial charge in [0.15, 0.2) is 0 Å². The minimum absolute atomic E-state index is 0.0204. The van der Waals surface area contributed by atoms with Crippen molar-refractivity contribution in [3.05, 3.63) is 71.8 Å². The topological polar surface area (TPSA) is 46.2 Å². The molecule has 1 radical (unpaired) electrons. The molecule has 1 amide bonds. The fourth-order valence-electron chi connectivity index (χ4n) is 3.45. The Kier molecular flexibility index (Phi) is 10.1. The molecule has 0 aliphatic rings. The fourth-order valence-corrected chi connectivity index (χ4v) is 3.45. The van der Waals surface area contributed by atoms with Crippen molar-refractivity contribution in [3.63, 3.8) is 0 Å². The number of benzene rings is 2. The van der Waals surface area contributed by atoms with Crippen LogP contribution in [0.4, 0.5) is 0 Å². The minimum atomic E-state index is -0.491. The molecule has 0 heterocycles. The van der Waals surface area contributed by atoms with Crippen molar-refractivity contribution in [2.24, 2.45) is 5.92 Å². The lowest BCUT2D eigenvalue weighted by atomic mass is 9.92. The average molecular weight is 379 g/mol. The van der Waals surface area contributed by atoms with E-state index in [0.717, 1.165) is 44.1 Å². The van der Waals surface area contributed by atoms with E-state index in [-0.39, 0.29) is 11.8 Å². The van der Waals surface area contributed by atoms with Crippen LogP contribution in [-0.2, 0) is 22.4 Å². The van der Waals surface area contributed by atoms with E-state index in [1.165, 1.54) is 5.56 Å². The van der Waals surface area contributed by atoms with Gasteiger partial charge in [-0.15, -0.1) is 0 Å². The van der Waals surface area contributed by atoms with Crippen molar-refractivity contribution in [2.75, 3.05) is 0 Å². The second-order valence-electron chi connectivity index (χ2n) is 7.44. The number of rotatable bonds is 13. The number of hydrogen-bond acceptors (Lipinski definition) is 2. The lowest BCUT2D eigenvalue weighted by Crippen LogP contribution is -2.40. The quantitative estimate of drug-likeness (QED) is 0.496. The van der Waals surface area contributed by atoms with E-state index in [1.54, 1.807) is 0 Å². The van der Waals surface area contributed by atoms with Crippen LogP contribution in [0.3, 0.4) is 0 Å². The van der Waals surface area contributed by atoms with Crippen LogP contribution < -0.4 is 5.32 Å². The molecule has 2 aromatic carbocycles. The fraction of sp³-hybridized carbons (Fsp3) is 0.440. The van der Waals surface area contributed by atoms with Gasteiger partial charge in [-0.25, -0.2) is 0 Å². The van der Waals surface area contributed by atoms with Gasteiger partial charge in [0.1, 0.15) is 0 Å². The van der Waals surface area contributed by atoms with E-state index in [9.17, 15) is 9.59 Å². The Morgan fingerprint density at radius 2 is 1.54 bits per heavy atom. The van der Waals surface area contributed by atoms with Crippen LogP contribution >= 0.6 is 0 Å². The predicted molar refractivity (Wildman–Crippen MR) is 115 cm³/mol. The summed E-state index contributed by atoms with van der Waals surface area (Å²) >= 11 is 0. The van der Waals surface area contributed by atoms with Crippen LogP contribution in [0, 0.1) is 5.92 Å². The maximum absolute atomic E-state index is 12.9. The van der Waals surface area contributed by atoms with Gasteiger partial charge in [0.2, 0.25) is 12.2 Å². The van der Waals surface area contributed by atoms with Gasteiger partial charge in [-0.2, -0.15) is 0 Å². The number of nitrogens with one attached hydrogen (secondary N) is 1. The number of unbranched alkanes of at least 4 members (excludes halogenated alkanes) is 2. The van der Waals surface area contributed by atoms with Gasteiger partial charge in [-0.1, -0.05) is 86.8 Å². The third-order valence-corrected chi connectivity index (χ3v) is 5.11. The van der Waals surface area contributed by atoms with E-state index < -0.39 is 6.04 Å². The Labute approximate surface area is 169 Å². The predicted octanol–water partition coefficient (Wildman–Crippen LogP) is 5.04. The Morgan fingerprint density at radius 1 is 0.893 bits per heavy atom. The Hall–Kier alpha value is -2.42. The molecule has 2 atom stereocenters. The Balaban J connectivity index is 1.91. The molecule has 149 valence electrons. The molecular weight excluding hydrogens is 346 g/mol. The molecule has 3 heteroatoms. The molecule has 2 rings (SSSR count). The first-order chi connectivity index (χ1) is 13.7. The minimum Gasteiger partial charge on any atom is -0.346 e. The number of hydrogen-bond donors (Lipinski definition) is 1. The summed E-state index contributed by atoms with van der Waals surface area (Å²) in [7, 11) is 0. The van der Waals surface area contributed by atoms with Gasteiger partial charge in [0.25, 0.3) is 0 Å². The van der Waals surface area contributed by atoms with Crippen LogP contribution in [0.5, 0.6) is 0 Å². The molecule has 0 aliphatic carbocycles. The molecule has 0 fully saturated rings. The summed E-state index contributed by atoms with van der Waals surface area (Å²) in [5.74, 6) is -0.135. The summed E-state index contributed by atoms with van der Waals surface area (Å²) in [5.41, 5.74) is 2.49. The molecule has 0 saturated carbocycles. The summed E-state index contributed by atoms with van der Waals surface area (Å²) in [4.78, 5) is 24.1. The zero-order chi connectivity index (χ0) is 20.0. The van der Waals surface area contributed by atoms with Crippen molar-refractivity contribution < 1.29 is 9.59 Å². The lowest BCUT2D eigenvalue weighted by Gasteiger charge is -2.19. The van der Waals surface area contributed by atoms with Crippen LogP contribution in [0.2, 0.25) is 0 Å². The van der Waals surface area contributed by atoms with E-state index >= 15 is 0 Å². The third-order valence-electron chi connectivity index (χ3n) is 5.11. The number of aryl methyl sites for hydroxylation is 1. The first-order valence-corrected chi connectivity index (χ1v) is 10.5. The molecule has 0 bridgehead atoms. The van der Waals surface area contributed by atoms with E-state index in [2.05, 4.69) is 48.6 Å². The van der Waals surface area contributed by atoms with Crippen molar-refractivity contribution in [1.29, 1.82) is 0 Å². The number of amides is 1. The first-order valence-electron chi connectivity index (χ1n) is 10.5. The van der Waals surface area contributed by atoms with Crippen LogP contribution in [0.25, 0.3) is 0 Å². The molecular formula is C25H32NO2. The summed E-state index contributed by atoms with van der Waals surface area (Å²) in [6.45, 7) is 2.08. The highest BCUT2D eigenvalue weighted by Crippen LogP contribution is 2.18. The van der Waals surface area contributed by atoms with Crippen LogP contribution in [0.15, 0.2) is 60.7 Å². The van der Waals surface area contributed by atoms with Gasteiger partial charge >= 0.3 is 0 Å². The van der Waals surface area contributed by atoms with Gasteiger partial charge < -0.3 is 5.32 Å². The third kappa shape index (κ3) is 8.08. The van der Waals surface area contributed by atoms with Crippen molar-refractivity contribution in [2.45, 2.75) is 64.3 Å². The van der Waals surface area contributed by atoms with E-state index in [0.29, 0.717) is 12.8 Å². The molecule has 0 saturated heterocycles. The summed E-state index contributed by atoms with van der Waals surface area (Å²) in [5, 5.41) is 2.92. The molecule has 2 unspecified atom stereocenters.